The van der Waals surface area contributed by atoms with Gasteiger partial charge in [-0.15, -0.1) is 0 Å². The van der Waals surface area contributed by atoms with E-state index in [4.69, 9.17) is 14.0 Å². The van der Waals surface area contributed by atoms with Crippen LogP contribution in [0.25, 0.3) is 11.1 Å². The lowest BCUT2D eigenvalue weighted by Crippen LogP contribution is -2.43. The zero-order valence-corrected chi connectivity index (χ0v) is 20.8. The van der Waals surface area contributed by atoms with E-state index >= 15 is 0 Å². The molecule has 0 radical (unpaired) electrons. The molecule has 8 heteroatoms. The summed E-state index contributed by atoms with van der Waals surface area (Å²) in [5, 5.41) is 3.10. The molecule has 0 saturated carbocycles. The monoisotopic (exact) mass is 462 g/mol. The number of carbonyl (C=O) groups excluding carboxylic acids is 1. The van der Waals surface area contributed by atoms with E-state index in [1.54, 1.807) is 27.0 Å². The normalized spacial score (nSPS) is 16.3. The molecule has 1 heterocycles. The molecule has 0 spiro atoms. The van der Waals surface area contributed by atoms with Crippen LogP contribution < -0.4 is 14.8 Å². The van der Waals surface area contributed by atoms with Crippen LogP contribution in [0.4, 0.5) is 0 Å². The summed E-state index contributed by atoms with van der Waals surface area (Å²) in [5.74, 6) is 1.15. The highest BCUT2D eigenvalue weighted by Crippen LogP contribution is 2.47. The third-order valence-corrected chi connectivity index (χ3v) is 7.60. The predicted molar refractivity (Wildman–Crippen MR) is 129 cm³/mol. The lowest BCUT2D eigenvalue weighted by molar-refractivity contribution is 0.0922. The Bertz CT molecular complexity index is 942. The van der Waals surface area contributed by atoms with Gasteiger partial charge in [-0.1, -0.05) is 38.1 Å². The fourth-order valence-electron chi connectivity index (χ4n) is 3.70. The van der Waals surface area contributed by atoms with Gasteiger partial charge in [0.05, 0.1) is 14.2 Å². The highest BCUT2D eigenvalue weighted by molar-refractivity contribution is 7.55. The molecule has 32 heavy (non-hydrogen) atoms. The molecule has 2 aromatic carbocycles. The Morgan fingerprint density at radius 2 is 1.69 bits per heavy atom. The standard InChI is InChI=1S/C22H29N2O5P.C2H6/c1-27-20-10-6-9-19(21(20)28-2)16-7-5-8-17(15-16)22(25)23-18-11-13-24(14-12-18)30(4,26)29-3;1-2/h5-10,15,18H,11-14H2,1-4H3,(H,23,25);1-2H3. The number of nitrogens with one attached hydrogen (secondary N) is 1. The Hall–Kier alpha value is -2.34. The zero-order valence-electron chi connectivity index (χ0n) is 19.9. The quantitative estimate of drug-likeness (QED) is 0.580. The van der Waals surface area contributed by atoms with Crippen molar-refractivity contribution < 1.29 is 23.4 Å². The van der Waals surface area contributed by atoms with Crippen molar-refractivity contribution in [1.82, 2.24) is 9.99 Å². The summed E-state index contributed by atoms with van der Waals surface area (Å²) >= 11 is 0. The number of methoxy groups -OCH3 is 2. The number of carbonyl (C=O) groups is 1. The molecule has 0 aromatic heterocycles. The van der Waals surface area contributed by atoms with Gasteiger partial charge in [-0.25, -0.2) is 4.67 Å². The molecule has 0 bridgehead atoms. The molecule has 1 fully saturated rings. The average molecular weight is 463 g/mol. The molecule has 3 rings (SSSR count). The first-order chi connectivity index (χ1) is 15.4. The number of benzene rings is 2. The number of para-hydroxylation sites is 1. The van der Waals surface area contributed by atoms with Gasteiger partial charge < -0.3 is 19.3 Å². The molecule has 1 N–H and O–H groups in total. The SMILES string of the molecule is CC.COc1cccc(-c2cccc(C(=O)NC3CCN(P(C)(=O)OC)CC3)c2)c1OC. The van der Waals surface area contributed by atoms with Gasteiger partial charge in [0.15, 0.2) is 11.5 Å². The molecule has 176 valence electrons. The molecular weight excluding hydrogens is 427 g/mol. The van der Waals surface area contributed by atoms with Crippen LogP contribution in [0.2, 0.25) is 0 Å². The third-order valence-electron chi connectivity index (χ3n) is 5.50. The predicted octanol–water partition coefficient (Wildman–Crippen LogP) is 5.06. The van der Waals surface area contributed by atoms with E-state index in [9.17, 15) is 9.36 Å². The second-order valence-electron chi connectivity index (χ2n) is 7.31. The molecule has 0 aliphatic carbocycles. The van der Waals surface area contributed by atoms with Crippen molar-refractivity contribution >= 4 is 13.4 Å². The van der Waals surface area contributed by atoms with Crippen molar-refractivity contribution in [1.29, 1.82) is 0 Å². The molecule has 7 nitrogen and oxygen atoms in total. The first-order valence-electron chi connectivity index (χ1n) is 10.9. The smallest absolute Gasteiger partial charge is 0.269 e. The highest BCUT2D eigenvalue weighted by atomic mass is 31.2. The van der Waals surface area contributed by atoms with Gasteiger partial charge in [-0.2, -0.15) is 0 Å². The minimum atomic E-state index is -2.72. The Balaban J connectivity index is 0.00000176. The number of ether oxygens (including phenoxy) is 2. The number of piperidine rings is 1. The summed E-state index contributed by atoms with van der Waals surface area (Å²) < 4.78 is 30.3. The Labute approximate surface area is 191 Å². The number of hydrogen-bond donors (Lipinski definition) is 1. The van der Waals surface area contributed by atoms with Crippen LogP contribution in [0, 0.1) is 0 Å². The van der Waals surface area contributed by atoms with Crippen molar-refractivity contribution in [3.63, 3.8) is 0 Å². The molecule has 1 saturated heterocycles. The lowest BCUT2D eigenvalue weighted by Gasteiger charge is -2.34. The first-order valence-corrected chi connectivity index (χ1v) is 12.9. The van der Waals surface area contributed by atoms with Crippen LogP contribution in [0.15, 0.2) is 42.5 Å². The Kier molecular flexibility index (Phi) is 9.76. The first kappa shape index (κ1) is 25.9. The molecule has 2 aromatic rings. The maximum absolute atomic E-state index is 12.8. The zero-order chi connectivity index (χ0) is 23.7. The van der Waals surface area contributed by atoms with Crippen molar-refractivity contribution in [3.8, 4) is 22.6 Å². The summed E-state index contributed by atoms with van der Waals surface area (Å²) in [6.45, 7) is 6.89. The molecule has 1 atom stereocenters. The molecule has 1 aliphatic rings. The number of nitrogens with zero attached hydrogens (tertiary/aromatic N) is 1. The van der Waals surface area contributed by atoms with E-state index in [0.717, 1.165) is 24.0 Å². The highest BCUT2D eigenvalue weighted by Gasteiger charge is 2.30. The van der Waals surface area contributed by atoms with Crippen molar-refractivity contribution in [2.24, 2.45) is 0 Å². The number of amides is 1. The van der Waals surface area contributed by atoms with E-state index < -0.39 is 7.52 Å². The van der Waals surface area contributed by atoms with Gasteiger partial charge in [-0.05, 0) is 36.6 Å². The number of rotatable bonds is 7. The van der Waals surface area contributed by atoms with Gasteiger partial charge in [0.1, 0.15) is 0 Å². The van der Waals surface area contributed by atoms with Crippen LogP contribution in [-0.4, -0.2) is 57.7 Å². The fraction of sp³-hybridized carbons (Fsp3) is 0.458. The van der Waals surface area contributed by atoms with E-state index in [0.29, 0.717) is 30.2 Å². The van der Waals surface area contributed by atoms with E-state index in [-0.39, 0.29) is 11.9 Å². The van der Waals surface area contributed by atoms with Gasteiger partial charge in [0.25, 0.3) is 13.4 Å². The van der Waals surface area contributed by atoms with Gasteiger partial charge in [0.2, 0.25) is 0 Å². The topological polar surface area (TPSA) is 77.1 Å². The van der Waals surface area contributed by atoms with Gasteiger partial charge >= 0.3 is 0 Å². The molecule has 1 amide bonds. The summed E-state index contributed by atoms with van der Waals surface area (Å²) in [6.07, 6.45) is 1.46. The van der Waals surface area contributed by atoms with Crippen LogP contribution >= 0.6 is 7.52 Å². The van der Waals surface area contributed by atoms with Crippen molar-refractivity contribution in [2.75, 3.05) is 41.1 Å². The van der Waals surface area contributed by atoms with E-state index in [1.165, 1.54) is 7.11 Å². The second kappa shape index (κ2) is 12.0. The maximum Gasteiger partial charge on any atom is 0.269 e. The molecule has 1 unspecified atom stereocenters. The van der Waals surface area contributed by atoms with Crippen LogP contribution in [0.1, 0.15) is 37.0 Å². The maximum atomic E-state index is 12.8. The summed E-state index contributed by atoms with van der Waals surface area (Å²) in [6, 6.07) is 13.2. The minimum Gasteiger partial charge on any atom is -0.493 e. The summed E-state index contributed by atoms with van der Waals surface area (Å²) in [7, 11) is 1.95. The Morgan fingerprint density at radius 3 is 2.28 bits per heavy atom. The third kappa shape index (κ3) is 6.12. The largest absolute Gasteiger partial charge is 0.493 e. The minimum absolute atomic E-state index is 0.0422. The van der Waals surface area contributed by atoms with Gasteiger partial charge in [0, 0.05) is 44.0 Å². The van der Waals surface area contributed by atoms with E-state index in [1.807, 2.05) is 54.9 Å². The fourth-order valence-corrected chi connectivity index (χ4v) is 4.89. The van der Waals surface area contributed by atoms with E-state index in [2.05, 4.69) is 5.32 Å². The summed E-state index contributed by atoms with van der Waals surface area (Å²) in [4.78, 5) is 12.8. The van der Waals surface area contributed by atoms with Crippen molar-refractivity contribution in [3.05, 3.63) is 48.0 Å². The summed E-state index contributed by atoms with van der Waals surface area (Å²) in [5.41, 5.74) is 2.32. The lowest BCUT2D eigenvalue weighted by atomic mass is 10.0. The molecular formula is C24H35N2O5P. The molecule has 1 aliphatic heterocycles. The Morgan fingerprint density at radius 1 is 1.03 bits per heavy atom. The van der Waals surface area contributed by atoms with Crippen LogP contribution in [0.5, 0.6) is 11.5 Å². The van der Waals surface area contributed by atoms with Crippen LogP contribution in [0.3, 0.4) is 0 Å². The number of hydrogen-bond acceptors (Lipinski definition) is 5. The van der Waals surface area contributed by atoms with Gasteiger partial charge in [-0.3, -0.25) is 9.36 Å². The van der Waals surface area contributed by atoms with Crippen LogP contribution in [-0.2, 0) is 9.09 Å². The van der Waals surface area contributed by atoms with Crippen molar-refractivity contribution in [2.45, 2.75) is 32.7 Å². The average Bonchev–Trinajstić information content (AvgIpc) is 2.85. The second-order valence-corrected chi connectivity index (χ2v) is 9.85.